The van der Waals surface area contributed by atoms with Gasteiger partial charge in [0.05, 0.1) is 16.1 Å². The van der Waals surface area contributed by atoms with Gasteiger partial charge in [0.1, 0.15) is 12.3 Å². The fourth-order valence-electron chi connectivity index (χ4n) is 0.748. The maximum atomic E-state index is 10.9. The molecule has 6 heteroatoms. The van der Waals surface area contributed by atoms with E-state index in [1.165, 1.54) is 0 Å². The van der Waals surface area contributed by atoms with E-state index < -0.39 is 17.9 Å². The van der Waals surface area contributed by atoms with Crippen LogP contribution < -0.4 is 5.32 Å². The van der Waals surface area contributed by atoms with Crippen LogP contribution in [0.3, 0.4) is 0 Å². The maximum absolute atomic E-state index is 10.9. The Bertz CT molecular complexity index is 228. The molecule has 0 heterocycles. The van der Waals surface area contributed by atoms with E-state index in [0.717, 1.165) is 6.21 Å². The van der Waals surface area contributed by atoms with Crippen LogP contribution in [0.5, 0.6) is 0 Å². The van der Waals surface area contributed by atoms with E-state index in [2.05, 4.69) is 25.5 Å². The van der Waals surface area contributed by atoms with Gasteiger partial charge >= 0.3 is 5.97 Å². The summed E-state index contributed by atoms with van der Waals surface area (Å²) in [7, 11) is 0. The smallest absolute Gasteiger partial charge is 0.326 e. The Kier molecular flexibility index (Phi) is 5.29. The minimum atomic E-state index is -1.05. The topological polar surface area (TPSA) is 78.8 Å². The van der Waals surface area contributed by atoms with Crippen molar-refractivity contribution in [1.29, 1.82) is 0 Å². The lowest BCUT2D eigenvalue weighted by molar-refractivity contribution is -0.142. The Balaban J connectivity index is 4.27. The first-order valence-electron chi connectivity index (χ1n) is 3.66. The van der Waals surface area contributed by atoms with Crippen LogP contribution in [-0.2, 0) is 9.59 Å². The highest BCUT2D eigenvalue weighted by atomic mass is 79.9. The Morgan fingerprint density at radius 1 is 1.54 bits per heavy atom. The minimum Gasteiger partial charge on any atom is -0.480 e. The summed E-state index contributed by atoms with van der Waals surface area (Å²) in [5, 5.41) is 11.0. The van der Waals surface area contributed by atoms with Crippen LogP contribution in [0.15, 0.2) is 4.02 Å². The van der Waals surface area contributed by atoms with Crippen molar-refractivity contribution in [3.8, 4) is 0 Å². The number of carboxylic acid groups (broad SMARTS) is 1. The van der Waals surface area contributed by atoms with Crippen LogP contribution >= 0.6 is 16.1 Å². The average Bonchev–Trinajstić information content (AvgIpc) is 1.99. The largest absolute Gasteiger partial charge is 0.480 e. The second-order valence-electron chi connectivity index (χ2n) is 2.80. The molecule has 0 aromatic carbocycles. The second-order valence-corrected chi connectivity index (χ2v) is 3.20. The van der Waals surface area contributed by atoms with Crippen molar-refractivity contribution >= 4 is 34.2 Å². The number of hydrogen-bond acceptors (Lipinski definition) is 3. The Morgan fingerprint density at radius 2 is 2.08 bits per heavy atom. The number of nitrogens with zero attached hydrogens (tertiary/aromatic N) is 1. The standard InChI is InChI=1S/C7H11BrN2O3/c1-4(2)6(7(12)13)10-5(11)3-9-8/h3-4,6H,1-2H3,(H,10,11)(H,12,13)/b9-3+/t6-/m0/s1. The number of aliphatic carboxylic acids is 1. The molecule has 0 spiro atoms. The molecular formula is C7H11BrN2O3. The van der Waals surface area contributed by atoms with E-state index >= 15 is 0 Å². The van der Waals surface area contributed by atoms with Crippen LogP contribution in [-0.4, -0.2) is 29.2 Å². The summed E-state index contributed by atoms with van der Waals surface area (Å²) in [6, 6.07) is -0.877. The second kappa shape index (κ2) is 5.69. The van der Waals surface area contributed by atoms with Crippen molar-refractivity contribution in [2.24, 2.45) is 9.94 Å². The van der Waals surface area contributed by atoms with Crippen molar-refractivity contribution in [3.05, 3.63) is 0 Å². The van der Waals surface area contributed by atoms with Crippen LogP contribution in [0.1, 0.15) is 13.8 Å². The zero-order valence-corrected chi connectivity index (χ0v) is 8.91. The van der Waals surface area contributed by atoms with Gasteiger partial charge in [0.25, 0.3) is 5.91 Å². The van der Waals surface area contributed by atoms with Crippen molar-refractivity contribution in [2.45, 2.75) is 19.9 Å². The number of carboxylic acids is 1. The highest BCUT2D eigenvalue weighted by Crippen LogP contribution is 2.00. The molecule has 0 aliphatic heterocycles. The van der Waals surface area contributed by atoms with Gasteiger partial charge in [-0.2, -0.15) is 0 Å². The lowest BCUT2D eigenvalue weighted by Gasteiger charge is -2.16. The van der Waals surface area contributed by atoms with Crippen molar-refractivity contribution in [1.82, 2.24) is 5.32 Å². The normalized spacial score (nSPS) is 13.2. The van der Waals surface area contributed by atoms with Gasteiger partial charge in [0.15, 0.2) is 0 Å². The third-order valence-electron chi connectivity index (χ3n) is 1.40. The van der Waals surface area contributed by atoms with Crippen molar-refractivity contribution in [3.63, 3.8) is 0 Å². The van der Waals surface area contributed by atoms with Gasteiger partial charge in [0.2, 0.25) is 0 Å². The number of rotatable bonds is 4. The lowest BCUT2D eigenvalue weighted by Crippen LogP contribution is -2.44. The van der Waals surface area contributed by atoms with Crippen LogP contribution in [0, 0.1) is 5.92 Å². The summed E-state index contributed by atoms with van der Waals surface area (Å²) >= 11 is 2.68. The number of nitrogens with one attached hydrogen (secondary N) is 1. The Labute approximate surface area is 84.6 Å². The Hall–Kier alpha value is -0.910. The predicted octanol–water partition coefficient (Wildman–Crippen LogP) is 0.593. The summed E-state index contributed by atoms with van der Waals surface area (Å²) < 4.78 is 3.29. The number of hydrogen-bond donors (Lipinski definition) is 2. The molecule has 1 atom stereocenters. The number of carbonyl (C=O) groups is 2. The molecule has 0 radical (unpaired) electrons. The number of amides is 1. The molecular weight excluding hydrogens is 240 g/mol. The van der Waals surface area contributed by atoms with Crippen LogP contribution in [0.2, 0.25) is 0 Å². The Morgan fingerprint density at radius 3 is 2.38 bits per heavy atom. The van der Waals surface area contributed by atoms with E-state index in [4.69, 9.17) is 5.11 Å². The zero-order chi connectivity index (χ0) is 10.4. The fourth-order valence-corrected chi connectivity index (χ4v) is 0.934. The van der Waals surface area contributed by atoms with E-state index in [1.807, 2.05) is 0 Å². The fraction of sp³-hybridized carbons (Fsp3) is 0.571. The quantitative estimate of drug-likeness (QED) is 0.718. The summed E-state index contributed by atoms with van der Waals surface area (Å²) in [6.07, 6.45) is 0.971. The van der Waals surface area contributed by atoms with Gasteiger partial charge in [-0.25, -0.2) is 8.81 Å². The lowest BCUT2D eigenvalue weighted by atomic mass is 10.1. The van der Waals surface area contributed by atoms with Crippen molar-refractivity contribution < 1.29 is 14.7 Å². The van der Waals surface area contributed by atoms with E-state index in [-0.39, 0.29) is 5.92 Å². The highest BCUT2D eigenvalue weighted by Gasteiger charge is 2.22. The first-order chi connectivity index (χ1) is 5.99. The molecule has 13 heavy (non-hydrogen) atoms. The molecule has 0 fully saturated rings. The zero-order valence-electron chi connectivity index (χ0n) is 7.32. The summed E-state index contributed by atoms with van der Waals surface area (Å²) in [4.78, 5) is 21.5. The molecule has 2 N–H and O–H groups in total. The van der Waals surface area contributed by atoms with Crippen LogP contribution in [0.4, 0.5) is 0 Å². The summed E-state index contributed by atoms with van der Waals surface area (Å²) in [5.74, 6) is -1.74. The molecule has 0 aromatic heterocycles. The minimum absolute atomic E-state index is 0.162. The first-order valence-corrected chi connectivity index (χ1v) is 4.37. The number of halogens is 1. The van der Waals surface area contributed by atoms with Crippen LogP contribution in [0.25, 0.3) is 0 Å². The van der Waals surface area contributed by atoms with Crippen molar-refractivity contribution in [2.75, 3.05) is 0 Å². The molecule has 1 amide bonds. The molecule has 5 nitrogen and oxygen atoms in total. The molecule has 0 rings (SSSR count). The highest BCUT2D eigenvalue weighted by molar-refractivity contribution is 9.08. The summed E-state index contributed by atoms with van der Waals surface area (Å²) in [5.41, 5.74) is 0. The van der Waals surface area contributed by atoms with E-state index in [0.29, 0.717) is 0 Å². The van der Waals surface area contributed by atoms with Gasteiger partial charge in [-0.3, -0.25) is 4.79 Å². The average molecular weight is 251 g/mol. The molecule has 0 aliphatic carbocycles. The third kappa shape index (κ3) is 4.62. The van der Waals surface area contributed by atoms with Gasteiger partial charge in [0, 0.05) is 0 Å². The molecule has 0 aliphatic rings. The molecule has 0 saturated carbocycles. The summed E-state index contributed by atoms with van der Waals surface area (Å²) in [6.45, 7) is 3.43. The van der Waals surface area contributed by atoms with E-state index in [1.54, 1.807) is 13.8 Å². The SMILES string of the molecule is CC(C)[C@H](NC(=O)/C=N/Br)C(=O)O. The molecule has 0 unspecified atom stereocenters. The molecule has 0 saturated heterocycles. The maximum Gasteiger partial charge on any atom is 0.326 e. The van der Waals surface area contributed by atoms with Gasteiger partial charge in [-0.1, -0.05) is 13.8 Å². The molecule has 0 bridgehead atoms. The van der Waals surface area contributed by atoms with Gasteiger partial charge in [-0.05, 0) is 5.92 Å². The van der Waals surface area contributed by atoms with Gasteiger partial charge in [-0.15, -0.1) is 0 Å². The predicted molar refractivity (Wildman–Crippen MR) is 51.8 cm³/mol. The number of carbonyl (C=O) groups excluding carboxylic acids is 1. The monoisotopic (exact) mass is 250 g/mol. The molecule has 74 valence electrons. The van der Waals surface area contributed by atoms with Gasteiger partial charge < -0.3 is 10.4 Å². The first kappa shape index (κ1) is 12.1. The third-order valence-corrected chi connectivity index (χ3v) is 1.60. The van der Waals surface area contributed by atoms with E-state index in [9.17, 15) is 9.59 Å². The molecule has 0 aromatic rings.